The third-order valence-corrected chi connectivity index (χ3v) is 20.6. The summed E-state index contributed by atoms with van der Waals surface area (Å²) < 4.78 is 22.6. The number of nitrogens with zero attached hydrogens (tertiary/aromatic N) is 4. The number of likely N-dealkylation sites (N-methyl/N-ethyl adjacent to an activating group) is 1. The number of aromatic nitrogens is 1. The monoisotopic (exact) mass is 1490 g/mol. The van der Waals surface area contributed by atoms with Crippen LogP contribution < -0.4 is 32.3 Å². The number of urea groups is 1. The molecule has 106 heavy (non-hydrogen) atoms. The van der Waals surface area contributed by atoms with E-state index in [9.17, 15) is 57.5 Å². The first-order valence-electron chi connectivity index (χ1n) is 38.1. The fourth-order valence-electron chi connectivity index (χ4n) is 13.2. The van der Waals surface area contributed by atoms with E-state index in [1.165, 1.54) is 23.5 Å². The Morgan fingerprint density at radius 2 is 1.42 bits per heavy atom. The van der Waals surface area contributed by atoms with E-state index in [1.807, 2.05) is 63.1 Å². The van der Waals surface area contributed by atoms with E-state index >= 15 is 0 Å². The van der Waals surface area contributed by atoms with Crippen LogP contribution in [-0.4, -0.2) is 187 Å². The molecule has 2 aliphatic heterocycles. The van der Waals surface area contributed by atoms with Gasteiger partial charge in [-0.05, 0) is 112 Å². The van der Waals surface area contributed by atoms with Crippen LogP contribution in [0.15, 0.2) is 72.1 Å². The number of imide groups is 1. The summed E-state index contributed by atoms with van der Waals surface area (Å²) >= 11 is 1.33. The highest BCUT2D eigenvalue weighted by molar-refractivity contribution is 7.09. The summed E-state index contributed by atoms with van der Waals surface area (Å²) in [7, 11) is 2.00. The lowest BCUT2D eigenvalue weighted by Crippen LogP contribution is -2.50. The molecule has 27 heteroatoms. The molecule has 2 aromatic carbocycles. The lowest BCUT2D eigenvalue weighted by molar-refractivity contribution is -0.145. The summed E-state index contributed by atoms with van der Waals surface area (Å²) in [6.07, 6.45) is 9.20. The van der Waals surface area contributed by atoms with E-state index < -0.39 is 66.0 Å². The van der Waals surface area contributed by atoms with Gasteiger partial charge in [0, 0.05) is 112 Å². The molecule has 0 radical (unpaired) electrons. The number of hydrogen-bond acceptors (Lipinski definition) is 19. The maximum Gasteiger partial charge on any atom is 0.407 e. The molecule has 26 nitrogen and oxygen atoms in total. The van der Waals surface area contributed by atoms with Crippen LogP contribution in [0.2, 0.25) is 0 Å². The number of ketones is 4. The number of rotatable bonds is 51. The van der Waals surface area contributed by atoms with Crippen molar-refractivity contribution in [2.45, 2.75) is 215 Å². The number of likely N-dealkylation sites (tertiary alicyclic amines) is 1. The fraction of sp³-hybridized carbons (Fsp3) is 0.633. The van der Waals surface area contributed by atoms with Crippen molar-refractivity contribution in [3.63, 3.8) is 0 Å². The van der Waals surface area contributed by atoms with Gasteiger partial charge in [-0.15, -0.1) is 11.3 Å². The number of carbonyl (C=O) groups excluding carboxylic acids is 12. The molecule has 2 aliphatic rings. The van der Waals surface area contributed by atoms with Gasteiger partial charge in [-0.1, -0.05) is 136 Å². The van der Waals surface area contributed by atoms with Gasteiger partial charge in [-0.2, -0.15) is 0 Å². The largest absolute Gasteiger partial charge is 0.447 e. The molecule has 7 N–H and O–H groups in total. The molecule has 0 aliphatic carbocycles. The second-order valence-electron chi connectivity index (χ2n) is 28.8. The number of nitrogens with one attached hydrogen (secondary N) is 5. The van der Waals surface area contributed by atoms with Gasteiger partial charge in [-0.25, -0.2) is 19.4 Å². The van der Waals surface area contributed by atoms with Gasteiger partial charge in [0.15, 0.2) is 17.3 Å². The molecule has 1 fully saturated rings. The highest BCUT2D eigenvalue weighted by Gasteiger charge is 2.39. The van der Waals surface area contributed by atoms with Crippen molar-refractivity contribution in [2.24, 2.45) is 41.2 Å². The SMILES string of the molecule is CCCO[C@H](C[C@H](C(C)C)N(CCC)C(=O)[C@@H](CC(=O)[C@H]1CCCCN1C)[C@@H](C)CC)c1nc(C(=O)N[C@@H](Cc2ccccc2)C[C@H](C)C(=O)CNC(=O)OCCOCCNC(=O)OCc2ccc(CC(=O)[C@H](CCCNC(N)=O)NC(=O)[C@@H](CC(=O)CCCCCN3C(=O)C=CC3=O)C(C)C)cc2)cs1. The van der Waals surface area contributed by atoms with Gasteiger partial charge in [0.2, 0.25) is 11.8 Å². The zero-order valence-corrected chi connectivity index (χ0v) is 64.9. The zero-order valence-electron chi connectivity index (χ0n) is 64.1. The van der Waals surface area contributed by atoms with E-state index in [1.54, 1.807) is 36.6 Å². The average Bonchev–Trinajstić information content (AvgIpc) is 0.923. The highest BCUT2D eigenvalue weighted by Crippen LogP contribution is 2.34. The number of piperidine rings is 1. The van der Waals surface area contributed by atoms with Crippen molar-refractivity contribution in [2.75, 3.05) is 72.7 Å². The van der Waals surface area contributed by atoms with Crippen LogP contribution in [-0.2, 0) is 76.8 Å². The summed E-state index contributed by atoms with van der Waals surface area (Å²) in [6, 6.07) is 13.9. The number of nitrogens with two attached hydrogens (primary N) is 1. The minimum absolute atomic E-state index is 0.00121. The molecule has 0 bridgehead atoms. The molecule has 586 valence electrons. The summed E-state index contributed by atoms with van der Waals surface area (Å²) in [5.41, 5.74) is 7.65. The van der Waals surface area contributed by atoms with Gasteiger partial charge in [-0.3, -0.25) is 53.0 Å². The average molecular weight is 1500 g/mol. The number of thiazole rings is 1. The molecule has 9 amide bonds. The van der Waals surface area contributed by atoms with Gasteiger partial charge < -0.3 is 56.2 Å². The molecule has 1 aromatic heterocycles. The van der Waals surface area contributed by atoms with Gasteiger partial charge in [0.05, 0.1) is 31.8 Å². The molecule has 3 aromatic rings. The van der Waals surface area contributed by atoms with Crippen molar-refractivity contribution in [3.8, 4) is 0 Å². The summed E-state index contributed by atoms with van der Waals surface area (Å²) in [5, 5.41) is 15.9. The molecule has 0 spiro atoms. The molecular formula is C79H118N10O16S. The van der Waals surface area contributed by atoms with Crippen molar-refractivity contribution >= 4 is 82.2 Å². The van der Waals surface area contributed by atoms with Crippen LogP contribution in [0.1, 0.15) is 203 Å². The maximum absolute atomic E-state index is 14.9. The van der Waals surface area contributed by atoms with E-state index in [2.05, 4.69) is 66.1 Å². The fourth-order valence-corrected chi connectivity index (χ4v) is 14.0. The Bertz CT molecular complexity index is 3330. The maximum atomic E-state index is 14.9. The molecular weight excluding hydrogens is 1380 g/mol. The topological polar surface area (TPSA) is 351 Å². The van der Waals surface area contributed by atoms with Crippen molar-refractivity contribution < 1.29 is 76.5 Å². The minimum atomic E-state index is -0.931. The van der Waals surface area contributed by atoms with Crippen LogP contribution in [0.4, 0.5) is 14.4 Å². The predicted octanol–water partition coefficient (Wildman–Crippen LogP) is 9.74. The number of primary amides is 1. The first kappa shape index (κ1) is 88.4. The second kappa shape index (κ2) is 47.4. The second-order valence-corrected chi connectivity index (χ2v) is 29.6. The van der Waals surface area contributed by atoms with Crippen molar-refractivity contribution in [1.29, 1.82) is 0 Å². The predicted molar refractivity (Wildman–Crippen MR) is 404 cm³/mol. The van der Waals surface area contributed by atoms with Crippen molar-refractivity contribution in [3.05, 3.63) is 99.5 Å². The van der Waals surface area contributed by atoms with E-state index in [0.717, 1.165) is 55.5 Å². The normalized spacial score (nSPS) is 16.1. The van der Waals surface area contributed by atoms with Crippen LogP contribution >= 0.6 is 11.3 Å². The van der Waals surface area contributed by atoms with Gasteiger partial charge in [0.1, 0.15) is 35.8 Å². The highest BCUT2D eigenvalue weighted by atomic mass is 32.1. The number of alkyl carbamates (subject to hydrolysis) is 2. The molecule has 5 rings (SSSR count). The van der Waals surface area contributed by atoms with E-state index in [4.69, 9.17) is 29.7 Å². The van der Waals surface area contributed by atoms with E-state index in [0.29, 0.717) is 67.8 Å². The number of ether oxygens (including phenoxy) is 4. The number of unbranched alkanes of at least 4 members (excludes halogenated alkanes) is 2. The van der Waals surface area contributed by atoms with Crippen molar-refractivity contribution in [1.82, 2.24) is 46.3 Å². The van der Waals surface area contributed by atoms with Crippen LogP contribution in [0, 0.1) is 35.5 Å². The number of carbonyl (C=O) groups is 12. The first-order chi connectivity index (χ1) is 50.7. The Morgan fingerprint density at radius 3 is 2.08 bits per heavy atom. The summed E-state index contributed by atoms with van der Waals surface area (Å²) in [4.78, 5) is 168. The molecule has 0 unspecified atom stereocenters. The summed E-state index contributed by atoms with van der Waals surface area (Å²) in [5.74, 6) is -4.05. The third-order valence-electron chi connectivity index (χ3n) is 19.6. The van der Waals surface area contributed by atoms with E-state index in [-0.39, 0.29) is 168 Å². The number of Topliss-reactive ketones (excluding diaryl/α,β-unsaturated/α-hetero) is 4. The van der Waals surface area contributed by atoms with Crippen LogP contribution in [0.5, 0.6) is 0 Å². The Balaban J connectivity index is 1.04. The number of amides is 9. The summed E-state index contributed by atoms with van der Waals surface area (Å²) in [6.45, 7) is 19.7. The lowest BCUT2D eigenvalue weighted by atomic mass is 9.82. The van der Waals surface area contributed by atoms with Crippen LogP contribution in [0.25, 0.3) is 0 Å². The number of benzene rings is 2. The zero-order chi connectivity index (χ0) is 77.7. The Morgan fingerprint density at radius 1 is 0.708 bits per heavy atom. The quantitative estimate of drug-likeness (QED) is 0.0226. The Hall–Kier alpha value is -8.27. The lowest BCUT2D eigenvalue weighted by Gasteiger charge is -2.40. The number of hydrogen-bond donors (Lipinski definition) is 6. The molecule has 9 atom stereocenters. The molecule has 3 heterocycles. The third kappa shape index (κ3) is 30.9. The minimum Gasteiger partial charge on any atom is -0.447 e. The Labute approximate surface area is 630 Å². The first-order valence-corrected chi connectivity index (χ1v) is 39.0. The smallest absolute Gasteiger partial charge is 0.407 e. The van der Waals surface area contributed by atoms with Crippen LogP contribution in [0.3, 0.4) is 0 Å². The molecule has 0 saturated carbocycles. The molecule has 1 saturated heterocycles. The van der Waals surface area contributed by atoms with Gasteiger partial charge >= 0.3 is 18.2 Å². The Kier molecular flexibility index (Phi) is 39.5. The standard InChI is InChI=1S/C79H118N10O16S/c1-11-36-88(76(98)62(54(8)13-3)47-68(92)65-27-19-21-37-87(65)10)66(53(6)7)48-70(103-39-12-2)75-86-64(51-106-75)74(97)84-59(44-56-23-16-14-17-24-56)43-55(9)69(93)49-83-79(101)104-42-41-102-40-35-82-78(100)105-50-58-30-28-57(29-31-58)45-67(91)63(26-22-34-81-77(80)99)85-73(96)61(52(4)5)46-60(90)25-18-15-20-38-89-71(94)32-33-72(89)95/h14,16-17,23-24,28-33,51-55,59,61-63,65-66,70H,11-13,15,18-22,25-27,34-50H2,1-10H3,(H,82,100)(H,83,101)(H,84,97)(H,85,96)(H3,80,81,99)/t54-,55-,59+,61-,62-,63-,65+,66+,70+/m0/s1. The van der Waals surface area contributed by atoms with Gasteiger partial charge in [0.25, 0.3) is 17.7 Å².